The Bertz CT molecular complexity index is 1470. The third-order valence-corrected chi connectivity index (χ3v) is 8.18. The molecule has 3 aromatic rings. The van der Waals surface area contributed by atoms with Gasteiger partial charge in [0.1, 0.15) is 14.2 Å². The Morgan fingerprint density at radius 3 is 2.35 bits per heavy atom. The second-order valence-corrected chi connectivity index (χ2v) is 9.60. The Morgan fingerprint density at radius 2 is 1.65 bits per heavy atom. The summed E-state index contributed by atoms with van der Waals surface area (Å²) in [7, 11) is 3.64. The summed E-state index contributed by atoms with van der Waals surface area (Å²) in [6.07, 6.45) is 0. The Balaban J connectivity index is 1.70. The first kappa shape index (κ1) is 20.1. The summed E-state index contributed by atoms with van der Waals surface area (Å²) in [5, 5.41) is 7.03. The van der Waals surface area contributed by atoms with Gasteiger partial charge in [-0.25, -0.2) is 0 Å². The molecule has 0 bridgehead atoms. The molecule has 9 heteroatoms. The molecule has 2 aliphatic heterocycles. The van der Waals surface area contributed by atoms with Crippen LogP contribution in [0.3, 0.4) is 0 Å². The highest BCUT2D eigenvalue weighted by Crippen LogP contribution is 2.44. The molecule has 0 unspecified atom stereocenters. The number of aromatic nitrogens is 1. The number of hydrazone groups is 1. The highest BCUT2D eigenvalue weighted by molar-refractivity contribution is 8.08. The first-order chi connectivity index (χ1) is 14.9. The topological polar surface area (TPSA) is 57.9 Å². The lowest BCUT2D eigenvalue weighted by atomic mass is 10.2. The molecule has 0 spiro atoms. The summed E-state index contributed by atoms with van der Waals surface area (Å²) in [5.41, 5.74) is 2.41. The smallest absolute Gasteiger partial charge is 0.283 e. The minimum atomic E-state index is -0.297. The monoisotopic (exact) mass is 468 g/mol. The zero-order valence-corrected chi connectivity index (χ0v) is 19.3. The van der Waals surface area contributed by atoms with Gasteiger partial charge in [-0.05, 0) is 31.2 Å². The quantitative estimate of drug-likeness (QED) is 0.551. The van der Waals surface area contributed by atoms with Gasteiger partial charge in [0.2, 0.25) is 0 Å². The molecular formula is C22H17ClN4O2S2. The normalized spacial score (nSPS) is 19.2. The van der Waals surface area contributed by atoms with Gasteiger partial charge in [-0.3, -0.25) is 9.59 Å². The molecule has 0 fully saturated rings. The van der Waals surface area contributed by atoms with Crippen molar-refractivity contribution in [1.29, 1.82) is 0 Å². The van der Waals surface area contributed by atoms with Crippen LogP contribution >= 0.6 is 34.7 Å². The zero-order valence-electron chi connectivity index (χ0n) is 16.9. The van der Waals surface area contributed by atoms with E-state index < -0.39 is 0 Å². The average molecular weight is 469 g/mol. The largest absolute Gasteiger partial charge is 0.337 e. The van der Waals surface area contributed by atoms with Gasteiger partial charge in [0, 0.05) is 19.0 Å². The number of halogens is 1. The molecule has 2 aromatic carbocycles. The van der Waals surface area contributed by atoms with Gasteiger partial charge in [-0.2, -0.15) is 10.1 Å². The second kappa shape index (κ2) is 7.40. The lowest BCUT2D eigenvalue weighted by Gasteiger charge is -2.12. The highest BCUT2D eigenvalue weighted by atomic mass is 35.5. The number of para-hydroxylation sites is 2. The molecular weight excluding hydrogens is 452 g/mol. The number of thioether (sulfide) groups is 1. The minimum absolute atomic E-state index is 0.133. The van der Waals surface area contributed by atoms with E-state index in [9.17, 15) is 9.59 Å². The first-order valence-corrected chi connectivity index (χ1v) is 11.5. The van der Waals surface area contributed by atoms with Gasteiger partial charge in [-0.1, -0.05) is 47.6 Å². The fourth-order valence-corrected chi connectivity index (χ4v) is 6.39. The number of fused-ring (bicyclic) bond motifs is 1. The molecule has 0 saturated heterocycles. The van der Waals surface area contributed by atoms with Gasteiger partial charge in [0.25, 0.3) is 11.5 Å². The van der Waals surface area contributed by atoms with Gasteiger partial charge < -0.3 is 9.47 Å². The predicted octanol–water partition coefficient (Wildman–Crippen LogP) is 2.98. The van der Waals surface area contributed by atoms with Crippen molar-refractivity contribution < 1.29 is 4.79 Å². The van der Waals surface area contributed by atoms with E-state index in [0.717, 1.165) is 15.6 Å². The molecule has 31 heavy (non-hydrogen) atoms. The SMILES string of the molecule is CC1=NN(c2ccccc2Cl)C(=O)/C1=c1/s/c(=C2\Sc3ccccc3N2C)c(=O)n1C. The summed E-state index contributed by atoms with van der Waals surface area (Å²) >= 11 is 9.16. The Labute approximate surface area is 191 Å². The summed E-state index contributed by atoms with van der Waals surface area (Å²) < 4.78 is 2.72. The average Bonchev–Trinajstić information content (AvgIpc) is 3.35. The third-order valence-electron chi connectivity index (χ3n) is 5.25. The first-order valence-electron chi connectivity index (χ1n) is 9.48. The number of anilines is 2. The van der Waals surface area contributed by atoms with Crippen molar-refractivity contribution in [2.75, 3.05) is 17.0 Å². The van der Waals surface area contributed by atoms with E-state index >= 15 is 0 Å². The molecule has 0 atom stereocenters. The van der Waals surface area contributed by atoms with Crippen LogP contribution in [0.15, 0.2) is 63.3 Å². The van der Waals surface area contributed by atoms with Crippen molar-refractivity contribution in [1.82, 2.24) is 4.57 Å². The molecule has 0 radical (unpaired) electrons. The van der Waals surface area contributed by atoms with Crippen molar-refractivity contribution in [2.45, 2.75) is 11.8 Å². The number of rotatable bonds is 1. The Morgan fingerprint density at radius 1 is 0.968 bits per heavy atom. The van der Waals surface area contributed by atoms with Crippen molar-refractivity contribution in [3.63, 3.8) is 0 Å². The van der Waals surface area contributed by atoms with E-state index in [0.29, 0.717) is 31.2 Å². The number of amides is 1. The van der Waals surface area contributed by atoms with Crippen LogP contribution in [-0.2, 0) is 11.8 Å². The number of carbonyl (C=O) groups is 1. The molecule has 5 rings (SSSR count). The van der Waals surface area contributed by atoms with Crippen molar-refractivity contribution in [3.05, 3.63) is 73.1 Å². The summed E-state index contributed by atoms with van der Waals surface area (Å²) in [6, 6.07) is 15.1. The molecule has 1 aromatic heterocycles. The highest BCUT2D eigenvalue weighted by Gasteiger charge is 2.32. The molecule has 6 nitrogen and oxygen atoms in total. The number of hydrogen-bond donors (Lipinski definition) is 0. The maximum absolute atomic E-state index is 13.3. The second-order valence-electron chi connectivity index (χ2n) is 7.16. The van der Waals surface area contributed by atoms with Crippen LogP contribution < -0.4 is 24.7 Å². The van der Waals surface area contributed by atoms with Gasteiger partial charge in [0.15, 0.2) is 0 Å². The van der Waals surface area contributed by atoms with Crippen LogP contribution in [0, 0.1) is 0 Å². The summed E-state index contributed by atoms with van der Waals surface area (Å²) in [6.45, 7) is 1.77. The van der Waals surface area contributed by atoms with Crippen LogP contribution in [0.5, 0.6) is 0 Å². The van der Waals surface area contributed by atoms with E-state index in [1.165, 1.54) is 20.9 Å². The summed E-state index contributed by atoms with van der Waals surface area (Å²) in [4.78, 5) is 29.6. The fraction of sp³-hybridized carbons (Fsp3) is 0.136. The van der Waals surface area contributed by atoms with Crippen molar-refractivity contribution in [2.24, 2.45) is 12.1 Å². The van der Waals surface area contributed by atoms with E-state index in [4.69, 9.17) is 11.6 Å². The predicted molar refractivity (Wildman–Crippen MR) is 128 cm³/mol. The lowest BCUT2D eigenvalue weighted by Crippen LogP contribution is -2.33. The number of benzene rings is 2. The molecule has 2 aliphatic rings. The van der Waals surface area contributed by atoms with Gasteiger partial charge in [0.05, 0.1) is 27.7 Å². The number of nitrogens with zero attached hydrogens (tertiary/aromatic N) is 4. The van der Waals surface area contributed by atoms with E-state index in [-0.39, 0.29) is 11.5 Å². The standard InChI is InChI=1S/C22H17ClN4O2S2/c1-12-17(19(28)27(24-12)14-9-5-4-8-13(14)23)21-26(3)20(29)18(31-21)22-25(2)15-10-6-7-11-16(15)30-22/h4-11H,1-3H3/b21-17+,22-18-. The molecule has 156 valence electrons. The lowest BCUT2D eigenvalue weighted by molar-refractivity contribution is -0.112. The molecule has 0 saturated carbocycles. The van der Waals surface area contributed by atoms with E-state index in [1.54, 1.807) is 50.0 Å². The summed E-state index contributed by atoms with van der Waals surface area (Å²) in [5.74, 6) is -0.297. The minimum Gasteiger partial charge on any atom is -0.337 e. The van der Waals surface area contributed by atoms with Gasteiger partial charge >= 0.3 is 0 Å². The van der Waals surface area contributed by atoms with Crippen LogP contribution in [0.25, 0.3) is 10.6 Å². The van der Waals surface area contributed by atoms with Crippen molar-refractivity contribution >= 4 is 68.3 Å². The maximum atomic E-state index is 13.3. The van der Waals surface area contributed by atoms with E-state index in [2.05, 4.69) is 5.10 Å². The molecule has 0 N–H and O–H groups in total. The number of thiazole rings is 1. The van der Waals surface area contributed by atoms with Gasteiger partial charge in [-0.15, -0.1) is 11.3 Å². The van der Waals surface area contributed by atoms with Crippen molar-refractivity contribution in [3.8, 4) is 0 Å². The molecule has 3 heterocycles. The Kier molecular flexibility index (Phi) is 4.80. The van der Waals surface area contributed by atoms with Crippen LogP contribution in [-0.4, -0.2) is 23.2 Å². The fourth-order valence-electron chi connectivity index (χ4n) is 3.65. The van der Waals surface area contributed by atoms with E-state index in [1.807, 2.05) is 36.2 Å². The Hall–Kier alpha value is -2.81. The van der Waals surface area contributed by atoms with Crippen LogP contribution in [0.4, 0.5) is 11.4 Å². The number of hydrogen-bond acceptors (Lipinski definition) is 6. The van der Waals surface area contributed by atoms with Crippen LogP contribution in [0.1, 0.15) is 6.92 Å². The third kappa shape index (κ3) is 3.05. The molecule has 1 amide bonds. The number of carbonyl (C=O) groups excluding carboxylic acids is 1. The zero-order chi connectivity index (χ0) is 21.9. The van der Waals surface area contributed by atoms with Crippen LogP contribution in [0.2, 0.25) is 5.02 Å². The maximum Gasteiger partial charge on any atom is 0.283 e. The molecule has 0 aliphatic carbocycles.